The van der Waals surface area contributed by atoms with Gasteiger partial charge in [0.1, 0.15) is 23.0 Å². The molecule has 1 saturated heterocycles. The number of fused-ring (bicyclic) bond motifs is 1. The third kappa shape index (κ3) is 4.23. The van der Waals surface area contributed by atoms with Crippen LogP contribution in [-0.4, -0.2) is 53.1 Å². The molecule has 0 spiro atoms. The summed E-state index contributed by atoms with van der Waals surface area (Å²) in [6.07, 6.45) is 5.64. The highest BCUT2D eigenvalue weighted by Gasteiger charge is 2.23. The van der Waals surface area contributed by atoms with Crippen LogP contribution < -0.4 is 19.5 Å². The van der Waals surface area contributed by atoms with Gasteiger partial charge in [-0.2, -0.15) is 5.10 Å². The summed E-state index contributed by atoms with van der Waals surface area (Å²) in [5.41, 5.74) is 1.17. The van der Waals surface area contributed by atoms with Crippen molar-refractivity contribution in [3.05, 3.63) is 60.7 Å². The Labute approximate surface area is 195 Å². The molecule has 0 saturated carbocycles. The Hall–Kier alpha value is -4.18. The number of anilines is 1. The van der Waals surface area contributed by atoms with E-state index in [1.807, 2.05) is 6.07 Å². The minimum absolute atomic E-state index is 0.0632. The third-order valence-electron chi connectivity index (χ3n) is 5.57. The lowest BCUT2D eigenvalue weighted by Crippen LogP contribution is -2.21. The average Bonchev–Trinajstić information content (AvgIpc) is 3.56. The van der Waals surface area contributed by atoms with Gasteiger partial charge in [-0.25, -0.2) is 4.98 Å². The summed E-state index contributed by atoms with van der Waals surface area (Å²) < 4.78 is 23.9. The fourth-order valence-corrected chi connectivity index (χ4v) is 3.86. The first-order valence-electron chi connectivity index (χ1n) is 10.7. The van der Waals surface area contributed by atoms with Crippen molar-refractivity contribution in [2.45, 2.75) is 12.5 Å². The molecule has 1 aliphatic rings. The normalized spacial score (nSPS) is 15.3. The van der Waals surface area contributed by atoms with Crippen molar-refractivity contribution < 1.29 is 23.7 Å². The number of ether oxygens (including phenoxy) is 4. The Kier molecular flexibility index (Phi) is 5.96. The van der Waals surface area contributed by atoms with Gasteiger partial charge in [-0.15, -0.1) is 0 Å². The molecule has 0 bridgehead atoms. The second-order valence-corrected chi connectivity index (χ2v) is 7.65. The van der Waals surface area contributed by atoms with Crippen LogP contribution in [0.4, 0.5) is 5.82 Å². The Morgan fingerprint density at radius 2 is 1.91 bits per heavy atom. The maximum absolute atomic E-state index is 12.8. The molecule has 1 aliphatic heterocycles. The number of benzene rings is 1. The van der Waals surface area contributed by atoms with Crippen molar-refractivity contribution in [3.63, 3.8) is 0 Å². The van der Waals surface area contributed by atoms with Gasteiger partial charge in [0.25, 0.3) is 5.91 Å². The molecule has 10 heteroatoms. The molecular weight excluding hydrogens is 438 g/mol. The van der Waals surface area contributed by atoms with Gasteiger partial charge in [0, 0.05) is 30.5 Å². The largest absolute Gasteiger partial charge is 0.493 e. The lowest BCUT2D eigenvalue weighted by Gasteiger charge is -2.13. The monoisotopic (exact) mass is 461 g/mol. The van der Waals surface area contributed by atoms with Crippen molar-refractivity contribution >= 4 is 22.6 Å². The van der Waals surface area contributed by atoms with E-state index in [1.54, 1.807) is 67.8 Å². The van der Waals surface area contributed by atoms with Crippen LogP contribution in [0.15, 0.2) is 55.0 Å². The third-order valence-corrected chi connectivity index (χ3v) is 5.57. The smallest absolute Gasteiger partial charge is 0.275 e. The molecule has 3 aromatic heterocycles. The van der Waals surface area contributed by atoms with Crippen LogP contribution in [0.25, 0.3) is 10.9 Å². The maximum atomic E-state index is 12.8. The molecule has 4 aromatic rings. The molecule has 10 nitrogen and oxygen atoms in total. The number of hydrogen-bond acceptors (Lipinski definition) is 8. The van der Waals surface area contributed by atoms with Crippen LogP contribution in [-0.2, 0) is 4.74 Å². The molecule has 4 heterocycles. The predicted molar refractivity (Wildman–Crippen MR) is 124 cm³/mol. The van der Waals surface area contributed by atoms with Crippen molar-refractivity contribution in [2.24, 2.45) is 0 Å². The number of nitrogens with zero attached hydrogens (tertiary/aromatic N) is 4. The highest BCUT2D eigenvalue weighted by atomic mass is 16.5. The summed E-state index contributed by atoms with van der Waals surface area (Å²) in [4.78, 5) is 21.5. The first kappa shape index (κ1) is 21.7. The molecule has 174 valence electrons. The van der Waals surface area contributed by atoms with Gasteiger partial charge >= 0.3 is 0 Å². The molecule has 1 amide bonds. The van der Waals surface area contributed by atoms with Crippen LogP contribution in [0.2, 0.25) is 0 Å². The highest BCUT2D eigenvalue weighted by Crippen LogP contribution is 2.36. The van der Waals surface area contributed by atoms with Crippen LogP contribution in [0, 0.1) is 0 Å². The molecule has 34 heavy (non-hydrogen) atoms. The topological polar surface area (TPSA) is 110 Å². The lowest BCUT2D eigenvalue weighted by atomic mass is 10.2. The van der Waals surface area contributed by atoms with Crippen molar-refractivity contribution in [2.75, 3.05) is 32.8 Å². The zero-order valence-corrected chi connectivity index (χ0v) is 18.7. The first-order valence-corrected chi connectivity index (χ1v) is 10.7. The summed E-state index contributed by atoms with van der Waals surface area (Å²) in [6, 6.07) is 10.5. The van der Waals surface area contributed by atoms with E-state index in [-0.39, 0.29) is 11.9 Å². The summed E-state index contributed by atoms with van der Waals surface area (Å²) in [5.74, 6) is 2.38. The van der Waals surface area contributed by atoms with E-state index in [9.17, 15) is 4.79 Å². The Balaban J connectivity index is 1.32. The number of rotatable bonds is 7. The van der Waals surface area contributed by atoms with Crippen molar-refractivity contribution in [3.8, 4) is 23.0 Å². The second-order valence-electron chi connectivity index (χ2n) is 7.65. The molecule has 1 unspecified atom stereocenters. The number of aromatic nitrogens is 4. The number of carbonyl (C=O) groups is 1. The molecule has 5 rings (SSSR count). The van der Waals surface area contributed by atoms with Gasteiger partial charge in [-0.1, -0.05) is 0 Å². The van der Waals surface area contributed by atoms with Gasteiger partial charge in [-0.05, 0) is 36.8 Å². The summed E-state index contributed by atoms with van der Waals surface area (Å²) in [6.45, 7) is 1.22. The molecule has 1 N–H and O–H groups in total. The van der Waals surface area contributed by atoms with Gasteiger partial charge in [0.15, 0.2) is 11.5 Å². The first-order chi connectivity index (χ1) is 16.7. The van der Waals surface area contributed by atoms with E-state index >= 15 is 0 Å². The number of methoxy groups -OCH3 is 2. The van der Waals surface area contributed by atoms with E-state index in [1.165, 1.54) is 0 Å². The van der Waals surface area contributed by atoms with Crippen LogP contribution >= 0.6 is 0 Å². The van der Waals surface area contributed by atoms with E-state index < -0.39 is 0 Å². The minimum atomic E-state index is -0.285. The Bertz CT molecular complexity index is 1320. The Morgan fingerprint density at radius 3 is 2.65 bits per heavy atom. The summed E-state index contributed by atoms with van der Waals surface area (Å²) in [7, 11) is 3.15. The molecule has 1 atom stereocenters. The Morgan fingerprint density at radius 1 is 1.06 bits per heavy atom. The molecule has 0 aliphatic carbocycles. The van der Waals surface area contributed by atoms with Crippen molar-refractivity contribution in [1.29, 1.82) is 0 Å². The van der Waals surface area contributed by atoms with E-state index in [2.05, 4.69) is 20.4 Å². The quantitative estimate of drug-likeness (QED) is 0.442. The van der Waals surface area contributed by atoms with E-state index in [0.29, 0.717) is 53.2 Å². The van der Waals surface area contributed by atoms with Crippen LogP contribution in [0.5, 0.6) is 23.0 Å². The van der Waals surface area contributed by atoms with Crippen molar-refractivity contribution in [1.82, 2.24) is 19.7 Å². The van der Waals surface area contributed by atoms with Crippen LogP contribution in [0.3, 0.4) is 0 Å². The van der Waals surface area contributed by atoms with E-state index in [0.717, 1.165) is 11.8 Å². The number of nitrogens with one attached hydrogen (secondary N) is 1. The standard InChI is InChI=1S/C24H23N5O5/c1-31-21-11-17-18(12-22(21)32-2)25-8-6-20(17)34-16-3-4-23(26-13-16)28-24(30)19-5-9-27-29(19)15-7-10-33-14-15/h3-6,8-9,11-13,15H,7,10,14H2,1-2H3,(H,26,28,30). The van der Waals surface area contributed by atoms with Gasteiger partial charge < -0.3 is 24.3 Å². The van der Waals surface area contributed by atoms with Gasteiger partial charge in [0.2, 0.25) is 0 Å². The molecule has 1 fully saturated rings. The number of pyridine rings is 2. The lowest BCUT2D eigenvalue weighted by molar-refractivity contribution is 0.101. The number of amides is 1. The molecule has 0 radical (unpaired) electrons. The number of hydrogen-bond donors (Lipinski definition) is 1. The zero-order valence-electron chi connectivity index (χ0n) is 18.7. The fraction of sp³-hybridized carbons (Fsp3) is 0.250. The minimum Gasteiger partial charge on any atom is -0.493 e. The second kappa shape index (κ2) is 9.36. The van der Waals surface area contributed by atoms with Gasteiger partial charge in [-0.3, -0.25) is 14.5 Å². The molecule has 1 aromatic carbocycles. The fourth-order valence-electron chi connectivity index (χ4n) is 3.86. The maximum Gasteiger partial charge on any atom is 0.275 e. The summed E-state index contributed by atoms with van der Waals surface area (Å²) >= 11 is 0. The highest BCUT2D eigenvalue weighted by molar-refractivity contribution is 6.02. The number of carbonyl (C=O) groups excluding carboxylic acids is 1. The van der Waals surface area contributed by atoms with Crippen LogP contribution in [0.1, 0.15) is 23.0 Å². The summed E-state index contributed by atoms with van der Waals surface area (Å²) in [5, 5.41) is 7.86. The average molecular weight is 461 g/mol. The van der Waals surface area contributed by atoms with Gasteiger partial charge in [0.05, 0.1) is 38.6 Å². The molecular formula is C24H23N5O5. The SMILES string of the molecule is COc1cc2nccc(Oc3ccc(NC(=O)c4ccnn4C4CCOC4)nc3)c2cc1OC. The predicted octanol–water partition coefficient (Wildman–Crippen LogP) is 3.85. The zero-order chi connectivity index (χ0) is 23.5. The van der Waals surface area contributed by atoms with E-state index in [4.69, 9.17) is 18.9 Å².